The van der Waals surface area contributed by atoms with Crippen LogP contribution >= 0.6 is 0 Å². The number of ether oxygens (including phenoxy) is 1. The molecule has 0 amide bonds. The van der Waals surface area contributed by atoms with Crippen LogP contribution in [0.4, 0.5) is 0 Å². The van der Waals surface area contributed by atoms with Crippen molar-refractivity contribution in [2.75, 3.05) is 33.4 Å². The van der Waals surface area contributed by atoms with E-state index in [1.807, 2.05) is 0 Å². The van der Waals surface area contributed by atoms with Crippen LogP contribution in [-0.4, -0.2) is 38.3 Å². The van der Waals surface area contributed by atoms with E-state index in [9.17, 15) is 0 Å². The number of hydrogen-bond donors (Lipinski definition) is 0. The van der Waals surface area contributed by atoms with Gasteiger partial charge in [0.1, 0.15) is 0 Å². The molecule has 1 rings (SSSR count). The smallest absolute Gasteiger partial charge is 0.0594 e. The molecule has 8 heavy (non-hydrogen) atoms. The fourth-order valence-corrected chi connectivity index (χ4v) is 0.655. The van der Waals surface area contributed by atoms with E-state index in [0.717, 1.165) is 26.3 Å². The van der Waals surface area contributed by atoms with Gasteiger partial charge in [-0.1, -0.05) is 0 Å². The molecule has 1 heterocycles. The van der Waals surface area contributed by atoms with Crippen molar-refractivity contribution in [2.24, 2.45) is 0 Å². The number of halogens is 1. The van der Waals surface area contributed by atoms with E-state index < -0.39 is 0 Å². The lowest BCUT2D eigenvalue weighted by molar-refractivity contribution is -0.00000310. The lowest BCUT2D eigenvalue weighted by atomic mass is 10.5. The first kappa shape index (κ1) is 8.21. The van der Waals surface area contributed by atoms with Crippen molar-refractivity contribution in [3.8, 4) is 0 Å². The van der Waals surface area contributed by atoms with Crippen LogP contribution < -0.4 is 12.4 Å². The van der Waals surface area contributed by atoms with Crippen LogP contribution in [0.5, 0.6) is 0 Å². The largest absolute Gasteiger partial charge is 1.00 e. The van der Waals surface area contributed by atoms with E-state index in [4.69, 9.17) is 4.74 Å². The fourth-order valence-electron chi connectivity index (χ4n) is 0.655. The Morgan fingerprint density at radius 2 is 1.75 bits per heavy atom. The molecule has 1 aliphatic heterocycles. The van der Waals surface area contributed by atoms with E-state index in [2.05, 4.69) is 11.9 Å². The summed E-state index contributed by atoms with van der Waals surface area (Å²) in [6, 6.07) is 0. The molecule has 0 unspecified atom stereocenters. The van der Waals surface area contributed by atoms with Gasteiger partial charge in [0.15, 0.2) is 0 Å². The maximum Gasteiger partial charge on any atom is 0.0594 e. The van der Waals surface area contributed by atoms with E-state index in [1.165, 1.54) is 0 Å². The Bertz CT molecular complexity index is 54.4. The van der Waals surface area contributed by atoms with Crippen molar-refractivity contribution in [1.82, 2.24) is 4.90 Å². The van der Waals surface area contributed by atoms with Gasteiger partial charge in [0.25, 0.3) is 0 Å². The third kappa shape index (κ3) is 2.50. The molecule has 0 aromatic heterocycles. The summed E-state index contributed by atoms with van der Waals surface area (Å²) in [5.74, 6) is 0. The molecule has 0 radical (unpaired) electrons. The van der Waals surface area contributed by atoms with E-state index in [0.29, 0.717) is 0 Å². The molecular weight excluding hydrogens is 126 g/mol. The van der Waals surface area contributed by atoms with Crippen LogP contribution in [0.3, 0.4) is 0 Å². The summed E-state index contributed by atoms with van der Waals surface area (Å²) in [6.45, 7) is 4.02. The third-order valence-corrected chi connectivity index (χ3v) is 1.23. The predicted octanol–water partition coefficient (Wildman–Crippen LogP) is -3.05. The van der Waals surface area contributed by atoms with Crippen LogP contribution in [0.25, 0.3) is 0 Å². The van der Waals surface area contributed by atoms with E-state index in [-0.39, 0.29) is 12.4 Å². The van der Waals surface area contributed by atoms with Gasteiger partial charge in [-0.05, 0) is 7.05 Å². The fraction of sp³-hybridized carbons (Fsp3) is 1.00. The molecule has 2 nitrogen and oxygen atoms in total. The van der Waals surface area contributed by atoms with Gasteiger partial charge in [-0.25, -0.2) is 0 Å². The van der Waals surface area contributed by atoms with Crippen molar-refractivity contribution < 1.29 is 17.1 Å². The summed E-state index contributed by atoms with van der Waals surface area (Å²) < 4.78 is 5.10. The Hall–Kier alpha value is 0.210. The second-order valence-corrected chi connectivity index (χ2v) is 1.92. The van der Waals surface area contributed by atoms with Gasteiger partial charge in [0, 0.05) is 13.1 Å². The Morgan fingerprint density at radius 1 is 1.25 bits per heavy atom. The summed E-state index contributed by atoms with van der Waals surface area (Å²) in [7, 11) is 2.11. The first-order valence-electron chi connectivity index (χ1n) is 2.66. The Labute approximate surface area is 56.2 Å². The number of morpholine rings is 1. The Kier molecular flexibility index (Phi) is 4.23. The molecule has 0 aromatic carbocycles. The van der Waals surface area contributed by atoms with Gasteiger partial charge in [-0.3, -0.25) is 0 Å². The minimum absolute atomic E-state index is 0. The van der Waals surface area contributed by atoms with Crippen LogP contribution in [-0.2, 0) is 4.74 Å². The molecule has 50 valence electrons. The third-order valence-electron chi connectivity index (χ3n) is 1.23. The van der Waals surface area contributed by atoms with Gasteiger partial charge in [-0.2, -0.15) is 0 Å². The molecule has 0 aromatic rings. The first-order chi connectivity index (χ1) is 3.39. The number of rotatable bonds is 0. The maximum absolute atomic E-state index is 5.10. The number of hydrogen-bond acceptors (Lipinski definition) is 2. The van der Waals surface area contributed by atoms with Gasteiger partial charge >= 0.3 is 0 Å². The van der Waals surface area contributed by atoms with Crippen LogP contribution in [0, 0.1) is 0 Å². The van der Waals surface area contributed by atoms with Crippen LogP contribution in [0.15, 0.2) is 0 Å². The highest BCUT2D eigenvalue weighted by molar-refractivity contribution is 4.53. The van der Waals surface area contributed by atoms with Gasteiger partial charge in [0.05, 0.1) is 13.2 Å². The molecule has 0 aliphatic carbocycles. The average molecular weight is 137 g/mol. The molecular formula is C5H11ClNO-. The van der Waals surface area contributed by atoms with Gasteiger partial charge in [0.2, 0.25) is 0 Å². The normalized spacial score (nSPS) is 22.1. The van der Waals surface area contributed by atoms with Crippen molar-refractivity contribution in [1.29, 1.82) is 0 Å². The molecule has 1 fully saturated rings. The molecule has 3 heteroatoms. The molecule has 0 N–H and O–H groups in total. The zero-order valence-corrected chi connectivity index (χ0v) is 5.82. The number of likely N-dealkylation sites (N-methyl/N-ethyl adjacent to an activating group) is 1. The van der Waals surface area contributed by atoms with Gasteiger partial charge < -0.3 is 22.0 Å². The van der Waals surface area contributed by atoms with E-state index in [1.54, 1.807) is 0 Å². The Morgan fingerprint density at radius 3 is 2.00 bits per heavy atom. The highest BCUT2D eigenvalue weighted by atomic mass is 35.5. The Balaban J connectivity index is 0.000000490. The SMILES string of the molecule is CN1CCOCC1.[Cl-]. The first-order valence-corrected chi connectivity index (χ1v) is 2.66. The van der Waals surface area contributed by atoms with E-state index >= 15 is 0 Å². The lowest BCUT2D eigenvalue weighted by Gasteiger charge is -2.21. The van der Waals surface area contributed by atoms with Crippen LogP contribution in [0.1, 0.15) is 0 Å². The second-order valence-electron chi connectivity index (χ2n) is 1.92. The monoisotopic (exact) mass is 136 g/mol. The molecule has 1 saturated heterocycles. The second kappa shape index (κ2) is 4.13. The summed E-state index contributed by atoms with van der Waals surface area (Å²) >= 11 is 0. The van der Waals surface area contributed by atoms with Crippen molar-refractivity contribution in [2.45, 2.75) is 0 Å². The van der Waals surface area contributed by atoms with Crippen molar-refractivity contribution in [3.05, 3.63) is 0 Å². The zero-order chi connectivity index (χ0) is 5.11. The zero-order valence-electron chi connectivity index (χ0n) is 5.06. The molecule has 0 atom stereocenters. The highest BCUT2D eigenvalue weighted by Crippen LogP contribution is 1.89. The minimum Gasteiger partial charge on any atom is -1.00 e. The predicted molar refractivity (Wildman–Crippen MR) is 28.3 cm³/mol. The summed E-state index contributed by atoms with van der Waals surface area (Å²) in [6.07, 6.45) is 0. The molecule has 0 bridgehead atoms. The standard InChI is InChI=1S/C5H11NO.ClH/c1-6-2-4-7-5-3-6;/h2-5H2,1H3;1H/p-1. The molecule has 1 aliphatic rings. The molecule has 0 spiro atoms. The highest BCUT2D eigenvalue weighted by Gasteiger charge is 2.02. The summed E-state index contributed by atoms with van der Waals surface area (Å²) in [5, 5.41) is 0. The lowest BCUT2D eigenvalue weighted by Crippen LogP contribution is -3.00. The summed E-state index contributed by atoms with van der Waals surface area (Å²) in [5.41, 5.74) is 0. The van der Waals surface area contributed by atoms with Crippen molar-refractivity contribution >= 4 is 0 Å². The quantitative estimate of drug-likeness (QED) is 0.351. The van der Waals surface area contributed by atoms with Crippen LogP contribution in [0.2, 0.25) is 0 Å². The number of nitrogens with zero attached hydrogens (tertiary/aromatic N) is 1. The maximum atomic E-state index is 5.10. The summed E-state index contributed by atoms with van der Waals surface area (Å²) in [4.78, 5) is 2.27. The van der Waals surface area contributed by atoms with Crippen molar-refractivity contribution in [3.63, 3.8) is 0 Å². The van der Waals surface area contributed by atoms with Gasteiger partial charge in [-0.15, -0.1) is 0 Å². The minimum atomic E-state index is 0. The topological polar surface area (TPSA) is 12.5 Å². The molecule has 0 saturated carbocycles. The average Bonchev–Trinajstić information content (AvgIpc) is 1.69.